The third-order valence-electron chi connectivity index (χ3n) is 3.28. The average Bonchev–Trinajstić information content (AvgIpc) is 2.93. The van der Waals surface area contributed by atoms with E-state index in [9.17, 15) is 9.59 Å². The van der Waals surface area contributed by atoms with Crippen molar-refractivity contribution in [1.29, 1.82) is 5.26 Å². The van der Waals surface area contributed by atoms with E-state index >= 15 is 0 Å². The van der Waals surface area contributed by atoms with E-state index in [1.54, 1.807) is 12.1 Å². The van der Waals surface area contributed by atoms with Gasteiger partial charge >= 0.3 is 0 Å². The summed E-state index contributed by atoms with van der Waals surface area (Å²) in [6, 6.07) is 7.43. The van der Waals surface area contributed by atoms with Gasteiger partial charge in [0.2, 0.25) is 11.8 Å². The smallest absolute Gasteiger partial charge is 0.234 e. The number of amides is 2. The Bertz CT molecular complexity index is 839. The van der Waals surface area contributed by atoms with Gasteiger partial charge in [-0.3, -0.25) is 9.59 Å². The van der Waals surface area contributed by atoms with Crippen LogP contribution in [-0.4, -0.2) is 34.1 Å². The third-order valence-corrected chi connectivity index (χ3v) is 5.61. The number of aromatic nitrogens is 1. The van der Waals surface area contributed by atoms with Crippen LogP contribution >= 0.6 is 23.1 Å². The van der Waals surface area contributed by atoms with Crippen molar-refractivity contribution >= 4 is 45.1 Å². The van der Waals surface area contributed by atoms with Crippen LogP contribution in [-0.2, 0) is 9.59 Å². The Labute approximate surface area is 161 Å². The van der Waals surface area contributed by atoms with Gasteiger partial charge in [-0.15, -0.1) is 11.3 Å². The molecule has 2 N–H and O–H groups in total. The Balaban J connectivity index is 2.20. The Morgan fingerprint density at radius 2 is 1.92 bits per heavy atom. The van der Waals surface area contributed by atoms with Crippen LogP contribution in [0.3, 0.4) is 0 Å². The minimum absolute atomic E-state index is 0.00712. The van der Waals surface area contributed by atoms with Crippen LogP contribution < -0.4 is 10.6 Å². The molecule has 0 saturated heterocycles. The summed E-state index contributed by atoms with van der Waals surface area (Å²) in [5, 5.41) is 14.1. The minimum Gasteiger partial charge on any atom is -0.354 e. The van der Waals surface area contributed by atoms with Crippen molar-refractivity contribution in [1.82, 2.24) is 15.6 Å². The Morgan fingerprint density at radius 3 is 2.54 bits per heavy atom. The number of thiazole rings is 1. The van der Waals surface area contributed by atoms with Gasteiger partial charge in [-0.25, -0.2) is 4.98 Å². The van der Waals surface area contributed by atoms with E-state index in [0.717, 1.165) is 10.2 Å². The van der Waals surface area contributed by atoms with Crippen LogP contribution in [0.5, 0.6) is 0 Å². The number of nitrogens with one attached hydrogen (secondary N) is 2. The third kappa shape index (κ3) is 5.71. The molecule has 2 amide bonds. The molecule has 1 atom stereocenters. The number of thioether (sulfide) groups is 1. The number of benzene rings is 1. The van der Waals surface area contributed by atoms with Gasteiger partial charge in [0, 0.05) is 18.5 Å². The predicted octanol–water partition coefficient (Wildman–Crippen LogP) is 3.07. The Hall–Kier alpha value is -2.11. The second-order valence-corrected chi connectivity index (χ2v) is 8.95. The molecule has 2 aromatic rings. The molecule has 0 aliphatic rings. The van der Waals surface area contributed by atoms with Gasteiger partial charge in [0.1, 0.15) is 0 Å². The largest absolute Gasteiger partial charge is 0.354 e. The molecule has 0 aliphatic heterocycles. The summed E-state index contributed by atoms with van der Waals surface area (Å²) in [5.41, 5.74) is 1.27. The number of hydrogen-bond acceptors (Lipinski definition) is 6. The number of carbonyl (C=O) groups excluding carboxylic acids is 2. The summed E-state index contributed by atoms with van der Waals surface area (Å²) in [7, 11) is 0. The van der Waals surface area contributed by atoms with Crippen molar-refractivity contribution in [2.24, 2.45) is 0 Å². The van der Waals surface area contributed by atoms with Crippen LogP contribution in [0.2, 0.25) is 0 Å². The van der Waals surface area contributed by atoms with Gasteiger partial charge in [-0.1, -0.05) is 11.8 Å². The fraction of sp³-hybridized carbons (Fsp3) is 0.444. The molecule has 138 valence electrons. The van der Waals surface area contributed by atoms with Gasteiger partial charge in [-0.2, -0.15) is 5.26 Å². The van der Waals surface area contributed by atoms with Crippen LogP contribution in [0.15, 0.2) is 22.5 Å². The normalized spacial score (nSPS) is 12.2. The molecule has 0 fully saturated rings. The first kappa shape index (κ1) is 20.2. The van der Waals surface area contributed by atoms with E-state index in [1.807, 2.05) is 33.8 Å². The van der Waals surface area contributed by atoms with Crippen molar-refractivity contribution in [3.8, 4) is 6.07 Å². The summed E-state index contributed by atoms with van der Waals surface area (Å²) in [6.45, 7) is 7.53. The van der Waals surface area contributed by atoms with Gasteiger partial charge in [-0.05, 0) is 45.9 Å². The van der Waals surface area contributed by atoms with Gasteiger partial charge in [0.25, 0.3) is 0 Å². The van der Waals surface area contributed by atoms with Gasteiger partial charge < -0.3 is 10.6 Å². The lowest BCUT2D eigenvalue weighted by Gasteiger charge is -2.17. The highest BCUT2D eigenvalue weighted by atomic mass is 32.2. The summed E-state index contributed by atoms with van der Waals surface area (Å²) in [6.07, 6.45) is 0.0841. The fourth-order valence-electron chi connectivity index (χ4n) is 2.26. The fourth-order valence-corrected chi connectivity index (χ4v) is 4.55. The SMILES string of the molecule is CC(C)NC(=O)CC(Sc1nc2cc(C#N)ccc2s1)C(=O)NC(C)C. The van der Waals surface area contributed by atoms with E-state index in [4.69, 9.17) is 5.26 Å². The number of carbonyl (C=O) groups is 2. The Kier molecular flexibility index (Phi) is 7.00. The molecule has 1 heterocycles. The molecular weight excluding hydrogens is 368 g/mol. The lowest BCUT2D eigenvalue weighted by molar-refractivity contribution is -0.126. The topological polar surface area (TPSA) is 94.9 Å². The first-order valence-corrected chi connectivity index (χ1v) is 10.0. The van der Waals surface area contributed by atoms with E-state index in [0.29, 0.717) is 9.90 Å². The van der Waals surface area contributed by atoms with Crippen LogP contribution in [0.4, 0.5) is 0 Å². The van der Waals surface area contributed by atoms with E-state index in [2.05, 4.69) is 21.7 Å². The van der Waals surface area contributed by atoms with E-state index < -0.39 is 5.25 Å². The lowest BCUT2D eigenvalue weighted by atomic mass is 10.2. The molecule has 1 aromatic carbocycles. The highest BCUT2D eigenvalue weighted by Crippen LogP contribution is 2.33. The molecule has 26 heavy (non-hydrogen) atoms. The molecule has 6 nitrogen and oxygen atoms in total. The molecule has 0 bridgehead atoms. The van der Waals surface area contributed by atoms with Gasteiger partial charge in [0.15, 0.2) is 4.34 Å². The first-order valence-electron chi connectivity index (χ1n) is 8.35. The molecule has 1 aromatic heterocycles. The highest BCUT2D eigenvalue weighted by Gasteiger charge is 2.25. The molecule has 0 radical (unpaired) electrons. The summed E-state index contributed by atoms with van der Waals surface area (Å²) in [4.78, 5) is 29.2. The molecule has 1 unspecified atom stereocenters. The maximum atomic E-state index is 12.5. The minimum atomic E-state index is -0.563. The van der Waals surface area contributed by atoms with Crippen molar-refractivity contribution < 1.29 is 9.59 Å². The van der Waals surface area contributed by atoms with Gasteiger partial charge in [0.05, 0.1) is 27.1 Å². The van der Waals surface area contributed by atoms with Crippen LogP contribution in [0.1, 0.15) is 39.7 Å². The Morgan fingerprint density at radius 1 is 1.23 bits per heavy atom. The molecule has 0 aliphatic carbocycles. The molecule has 0 spiro atoms. The maximum Gasteiger partial charge on any atom is 0.234 e. The van der Waals surface area contributed by atoms with E-state index in [1.165, 1.54) is 23.1 Å². The zero-order chi connectivity index (χ0) is 19.3. The number of fused-ring (bicyclic) bond motifs is 1. The number of rotatable bonds is 7. The van der Waals surface area contributed by atoms with Crippen LogP contribution in [0.25, 0.3) is 10.2 Å². The molecule has 0 saturated carbocycles. The monoisotopic (exact) mass is 390 g/mol. The zero-order valence-electron chi connectivity index (χ0n) is 15.2. The predicted molar refractivity (Wildman–Crippen MR) is 105 cm³/mol. The quantitative estimate of drug-likeness (QED) is 0.709. The molecule has 8 heteroatoms. The number of nitriles is 1. The molecule has 2 rings (SSSR count). The van der Waals surface area contributed by atoms with Crippen molar-refractivity contribution in [2.45, 2.75) is 55.8 Å². The zero-order valence-corrected chi connectivity index (χ0v) is 16.8. The number of nitrogens with zero attached hydrogens (tertiary/aromatic N) is 2. The number of hydrogen-bond donors (Lipinski definition) is 2. The summed E-state index contributed by atoms with van der Waals surface area (Å²) >= 11 is 2.74. The second kappa shape index (κ2) is 9.01. The van der Waals surface area contributed by atoms with Crippen molar-refractivity contribution in [2.75, 3.05) is 0 Å². The summed E-state index contributed by atoms with van der Waals surface area (Å²) in [5.74, 6) is -0.342. The van der Waals surface area contributed by atoms with Crippen molar-refractivity contribution in [3.05, 3.63) is 23.8 Å². The van der Waals surface area contributed by atoms with Crippen LogP contribution in [0, 0.1) is 11.3 Å². The van der Waals surface area contributed by atoms with Crippen molar-refractivity contribution in [3.63, 3.8) is 0 Å². The first-order chi connectivity index (χ1) is 12.3. The lowest BCUT2D eigenvalue weighted by Crippen LogP contribution is -2.41. The standard InChI is InChI=1S/C18H22N4O2S2/c1-10(2)20-16(23)8-15(17(24)21-11(3)4)26-18-22-13-7-12(9-19)5-6-14(13)25-18/h5-7,10-11,15H,8H2,1-4H3,(H,20,23)(H,21,24). The highest BCUT2D eigenvalue weighted by molar-refractivity contribution is 8.02. The average molecular weight is 391 g/mol. The summed E-state index contributed by atoms with van der Waals surface area (Å²) < 4.78 is 1.65. The van der Waals surface area contributed by atoms with E-state index in [-0.39, 0.29) is 30.3 Å². The molecular formula is C18H22N4O2S2. The second-order valence-electron chi connectivity index (χ2n) is 6.47. The maximum absolute atomic E-state index is 12.5.